The van der Waals surface area contributed by atoms with Gasteiger partial charge in [-0.25, -0.2) is 9.97 Å². The van der Waals surface area contributed by atoms with Gasteiger partial charge in [0, 0.05) is 49.6 Å². The van der Waals surface area contributed by atoms with Crippen molar-refractivity contribution in [2.75, 3.05) is 0 Å². The zero-order chi connectivity index (χ0) is 37.8. The molecule has 4 heteroatoms. The number of rotatable bonds is 4. The lowest BCUT2D eigenvalue weighted by molar-refractivity contribution is 0.499. The van der Waals surface area contributed by atoms with E-state index in [4.69, 9.17) is 9.97 Å². The molecule has 0 radical (unpaired) electrons. The molecule has 0 amide bonds. The monoisotopic (exact) mass is 738 g/mol. The zero-order valence-corrected chi connectivity index (χ0v) is 32.8. The molecule has 5 aliphatic carbocycles. The fraction of sp³-hybridized carbons (Fsp3) is 0.245. The van der Waals surface area contributed by atoms with E-state index in [2.05, 4.69) is 157 Å². The normalized spacial score (nSPS) is 20.6. The van der Waals surface area contributed by atoms with E-state index in [1.54, 1.807) is 5.57 Å². The van der Waals surface area contributed by atoms with Crippen molar-refractivity contribution in [3.05, 3.63) is 172 Å². The Morgan fingerprint density at radius 1 is 0.702 bits per heavy atom. The van der Waals surface area contributed by atoms with Gasteiger partial charge >= 0.3 is 0 Å². The van der Waals surface area contributed by atoms with E-state index in [0.717, 1.165) is 73.9 Å². The number of fused-ring (bicyclic) bond motifs is 9. The van der Waals surface area contributed by atoms with Crippen LogP contribution in [-0.2, 0) is 24.7 Å². The summed E-state index contributed by atoms with van der Waals surface area (Å²) in [5.74, 6) is 1.30. The second-order valence-electron chi connectivity index (χ2n) is 17.4. The van der Waals surface area contributed by atoms with Gasteiger partial charge in [-0.15, -0.1) is 0 Å². The quantitative estimate of drug-likeness (QED) is 0.180. The maximum atomic E-state index is 5.63. The minimum atomic E-state index is -0.105. The number of aromatic nitrogens is 4. The lowest BCUT2D eigenvalue weighted by atomic mass is 9.77. The highest BCUT2D eigenvalue weighted by molar-refractivity contribution is 5.98. The van der Waals surface area contributed by atoms with Crippen molar-refractivity contribution >= 4 is 44.4 Å². The smallest absolute Gasteiger partial charge is 0.235 e. The number of allylic oxidation sites excluding steroid dienone is 9. The first-order chi connectivity index (χ1) is 28.0. The highest BCUT2D eigenvalue weighted by Crippen LogP contribution is 2.53. The molecule has 2 atom stereocenters. The molecule has 7 aromatic rings. The van der Waals surface area contributed by atoms with Gasteiger partial charge < -0.3 is 4.57 Å². The van der Waals surface area contributed by atoms with Gasteiger partial charge in [0.15, 0.2) is 0 Å². The van der Waals surface area contributed by atoms with Crippen molar-refractivity contribution in [2.45, 2.75) is 76.7 Å². The summed E-state index contributed by atoms with van der Waals surface area (Å²) in [4.78, 5) is 11.0. The van der Waals surface area contributed by atoms with Crippen LogP contribution in [0.5, 0.6) is 0 Å². The Kier molecular flexibility index (Phi) is 7.27. The summed E-state index contributed by atoms with van der Waals surface area (Å²) in [5.41, 5.74) is 18.9. The number of benzene rings is 4. The second kappa shape index (κ2) is 12.5. The molecule has 4 aromatic carbocycles. The molecule has 3 aromatic heterocycles. The molecular weight excluding hydrogens is 693 g/mol. The number of hydrogen-bond donors (Lipinski definition) is 0. The lowest BCUT2D eigenvalue weighted by Crippen LogP contribution is -2.20. The van der Waals surface area contributed by atoms with Crippen molar-refractivity contribution in [1.29, 1.82) is 0 Å². The fourth-order valence-corrected chi connectivity index (χ4v) is 11.5. The third kappa shape index (κ3) is 4.86. The fourth-order valence-electron chi connectivity index (χ4n) is 11.5. The highest BCUT2D eigenvalue weighted by atomic mass is 15.2. The van der Waals surface area contributed by atoms with Crippen LogP contribution in [0.4, 0.5) is 0 Å². The summed E-state index contributed by atoms with van der Waals surface area (Å²) in [5, 5.41) is 3.84. The molecule has 0 N–H and O–H groups in total. The molecule has 278 valence electrons. The minimum absolute atomic E-state index is 0.105. The molecule has 4 nitrogen and oxygen atoms in total. The van der Waals surface area contributed by atoms with E-state index >= 15 is 0 Å². The van der Waals surface area contributed by atoms with Gasteiger partial charge in [0.05, 0.1) is 22.8 Å². The van der Waals surface area contributed by atoms with Gasteiger partial charge in [0.25, 0.3) is 0 Å². The molecule has 0 bridgehead atoms. The molecule has 2 unspecified atom stereocenters. The third-order valence-electron chi connectivity index (χ3n) is 14.0. The van der Waals surface area contributed by atoms with Crippen LogP contribution < -0.4 is 0 Å². The zero-order valence-electron chi connectivity index (χ0n) is 32.8. The van der Waals surface area contributed by atoms with Crippen molar-refractivity contribution < 1.29 is 0 Å². The van der Waals surface area contributed by atoms with Crippen LogP contribution in [0.1, 0.15) is 85.6 Å². The van der Waals surface area contributed by atoms with Crippen LogP contribution in [0, 0.1) is 5.92 Å². The van der Waals surface area contributed by atoms with E-state index in [0.29, 0.717) is 12.0 Å². The van der Waals surface area contributed by atoms with E-state index in [1.165, 1.54) is 72.2 Å². The molecule has 12 rings (SSSR count). The molecule has 0 spiro atoms. The van der Waals surface area contributed by atoms with E-state index in [9.17, 15) is 0 Å². The molecular formula is C53H46N4. The van der Waals surface area contributed by atoms with Crippen molar-refractivity contribution in [3.63, 3.8) is 0 Å². The predicted molar refractivity (Wildman–Crippen MR) is 236 cm³/mol. The maximum Gasteiger partial charge on any atom is 0.235 e. The van der Waals surface area contributed by atoms with Crippen LogP contribution in [0.15, 0.2) is 139 Å². The summed E-state index contributed by atoms with van der Waals surface area (Å²) in [6.45, 7) is 4.80. The topological polar surface area (TPSA) is 35.6 Å². The number of para-hydroxylation sites is 3. The number of nitrogens with zero attached hydrogens (tertiary/aromatic N) is 4. The Labute approximate surface area is 334 Å². The van der Waals surface area contributed by atoms with Crippen LogP contribution >= 0.6 is 0 Å². The Morgan fingerprint density at radius 2 is 1.51 bits per heavy atom. The summed E-state index contributed by atoms with van der Waals surface area (Å²) >= 11 is 0. The van der Waals surface area contributed by atoms with Crippen LogP contribution in [-0.4, -0.2) is 19.1 Å². The summed E-state index contributed by atoms with van der Waals surface area (Å²) in [7, 11) is 0. The van der Waals surface area contributed by atoms with E-state index in [1.807, 2.05) is 0 Å². The molecule has 0 aliphatic heterocycles. The van der Waals surface area contributed by atoms with Gasteiger partial charge in [-0.05, 0) is 103 Å². The van der Waals surface area contributed by atoms with Crippen LogP contribution in [0.3, 0.4) is 0 Å². The highest BCUT2D eigenvalue weighted by Gasteiger charge is 2.40. The first kappa shape index (κ1) is 33.2. The van der Waals surface area contributed by atoms with Crippen LogP contribution in [0.2, 0.25) is 0 Å². The molecule has 0 saturated carbocycles. The Bertz CT molecular complexity index is 3010. The largest absolute Gasteiger partial charge is 0.337 e. The third-order valence-corrected chi connectivity index (χ3v) is 14.0. The van der Waals surface area contributed by atoms with Gasteiger partial charge in [-0.3, -0.25) is 4.57 Å². The van der Waals surface area contributed by atoms with Crippen molar-refractivity contribution in [3.8, 4) is 17.2 Å². The van der Waals surface area contributed by atoms with Gasteiger partial charge in [-0.2, -0.15) is 0 Å². The Morgan fingerprint density at radius 3 is 2.39 bits per heavy atom. The first-order valence-electron chi connectivity index (χ1n) is 21.1. The minimum Gasteiger partial charge on any atom is -0.337 e. The average Bonchev–Trinajstić information content (AvgIpc) is 3.86. The summed E-state index contributed by atoms with van der Waals surface area (Å²) < 4.78 is 5.05. The van der Waals surface area contributed by atoms with Crippen molar-refractivity contribution in [1.82, 2.24) is 19.1 Å². The maximum absolute atomic E-state index is 5.63. The first-order valence-corrected chi connectivity index (χ1v) is 21.1. The van der Waals surface area contributed by atoms with Gasteiger partial charge in [0.1, 0.15) is 0 Å². The van der Waals surface area contributed by atoms with E-state index < -0.39 is 0 Å². The molecule has 3 heterocycles. The van der Waals surface area contributed by atoms with Crippen LogP contribution in [0.25, 0.3) is 61.6 Å². The molecule has 5 aliphatic rings. The van der Waals surface area contributed by atoms with E-state index in [-0.39, 0.29) is 5.41 Å². The standard InChI is InChI=1S/C53H46N4/c1-53(2)44-23-10-6-17-36(44)39-21-14-22-41(50(39)53)51-40-20-7-11-24-45(40)54-52(55-51)57-47-26-13-9-19-38(47)43-32-34(28-30-49(43)57)33-27-29-48-42(31-33)37-18-8-12-25-46(37)56(48)35-15-4-3-5-16-35/h3-5,7-15,18-26,31,34-35H,6,16-17,27-30,32H2,1-2H3. The summed E-state index contributed by atoms with van der Waals surface area (Å²) in [6, 6.07) is 34.0. The van der Waals surface area contributed by atoms with Gasteiger partial charge in [-0.1, -0.05) is 135 Å². The molecule has 0 fully saturated rings. The molecule has 0 saturated heterocycles. The lowest BCUT2D eigenvalue weighted by Gasteiger charge is -2.29. The number of hydrogen-bond acceptors (Lipinski definition) is 2. The molecule has 57 heavy (non-hydrogen) atoms. The Balaban J connectivity index is 0.976. The SMILES string of the molecule is CC1(C)C2=C(CCC=C2)c2cccc(-c3nc(-n4c5c(c6ccccc64)CC(C4=Cc6c(n(C7C=CC=CC7)c7ccccc67)CC4)CC5)nc4ccccc34)c21. The predicted octanol–water partition coefficient (Wildman–Crippen LogP) is 12.8. The Hall–Kier alpha value is -6.00. The van der Waals surface area contributed by atoms with Crippen molar-refractivity contribution in [2.24, 2.45) is 5.92 Å². The second-order valence-corrected chi connectivity index (χ2v) is 17.4. The summed E-state index contributed by atoms with van der Waals surface area (Å²) in [6.07, 6.45) is 25.1. The van der Waals surface area contributed by atoms with Gasteiger partial charge in [0.2, 0.25) is 5.95 Å². The average molecular weight is 739 g/mol.